The summed E-state index contributed by atoms with van der Waals surface area (Å²) in [5.74, 6) is 0.500. The molecule has 0 N–H and O–H groups in total. The second-order valence-corrected chi connectivity index (χ2v) is 3.99. The highest BCUT2D eigenvalue weighted by molar-refractivity contribution is 5.39. The van der Waals surface area contributed by atoms with Gasteiger partial charge in [-0.1, -0.05) is 37.1 Å². The van der Waals surface area contributed by atoms with Gasteiger partial charge >= 0.3 is 0 Å². The molecule has 1 aliphatic rings. The third kappa shape index (κ3) is 2.35. The molecular weight excluding hydrogens is 182 g/mol. The fourth-order valence-corrected chi connectivity index (χ4v) is 2.03. The summed E-state index contributed by atoms with van der Waals surface area (Å²) in [7, 11) is 0. The van der Waals surface area contributed by atoms with Crippen molar-refractivity contribution < 1.29 is 0 Å². The van der Waals surface area contributed by atoms with E-state index in [1.54, 1.807) is 5.57 Å². The van der Waals surface area contributed by atoms with Gasteiger partial charge in [0.2, 0.25) is 0 Å². The molecule has 0 amide bonds. The fraction of sp³-hybridized carbons (Fsp3) is 0.357. The Kier molecular flexibility index (Phi) is 3.33. The van der Waals surface area contributed by atoms with Crippen molar-refractivity contribution in [3.63, 3.8) is 0 Å². The van der Waals surface area contributed by atoms with Crippen molar-refractivity contribution in [3.8, 4) is 0 Å². The van der Waals surface area contributed by atoms with Gasteiger partial charge in [-0.3, -0.25) is 4.98 Å². The van der Waals surface area contributed by atoms with Crippen LogP contribution in [0.4, 0.5) is 0 Å². The van der Waals surface area contributed by atoms with Crippen molar-refractivity contribution in [1.82, 2.24) is 4.98 Å². The first-order valence-corrected chi connectivity index (χ1v) is 5.69. The van der Waals surface area contributed by atoms with Crippen LogP contribution in [0.1, 0.15) is 37.7 Å². The molecule has 0 saturated heterocycles. The predicted octanol–water partition coefficient (Wildman–Crippen LogP) is 3.85. The number of pyridine rings is 1. The van der Waals surface area contributed by atoms with E-state index in [1.807, 2.05) is 12.4 Å². The van der Waals surface area contributed by atoms with Gasteiger partial charge in [0.05, 0.1) is 0 Å². The van der Waals surface area contributed by atoms with Crippen LogP contribution >= 0.6 is 0 Å². The molecule has 0 saturated carbocycles. The van der Waals surface area contributed by atoms with E-state index in [0.29, 0.717) is 5.92 Å². The minimum atomic E-state index is 0.500. The van der Waals surface area contributed by atoms with Gasteiger partial charge in [0.25, 0.3) is 0 Å². The van der Waals surface area contributed by atoms with Crippen molar-refractivity contribution in [2.45, 2.75) is 32.1 Å². The van der Waals surface area contributed by atoms with Crippen molar-refractivity contribution in [2.24, 2.45) is 0 Å². The average molecular weight is 199 g/mol. The van der Waals surface area contributed by atoms with Crippen LogP contribution in [0.2, 0.25) is 0 Å². The first-order chi connectivity index (χ1) is 7.42. The van der Waals surface area contributed by atoms with E-state index >= 15 is 0 Å². The Labute approximate surface area is 91.6 Å². The minimum Gasteiger partial charge on any atom is -0.265 e. The molecule has 78 valence electrons. The van der Waals surface area contributed by atoms with Gasteiger partial charge in [-0.15, -0.1) is 0 Å². The first-order valence-electron chi connectivity index (χ1n) is 5.69. The number of unbranched alkanes of at least 4 members (excludes halogenated alkanes) is 1. The summed E-state index contributed by atoms with van der Waals surface area (Å²) in [6, 6.07) is 4.22. The Morgan fingerprint density at radius 1 is 1.27 bits per heavy atom. The third-order valence-corrected chi connectivity index (χ3v) is 2.90. The van der Waals surface area contributed by atoms with Gasteiger partial charge in [0.1, 0.15) is 0 Å². The van der Waals surface area contributed by atoms with Gasteiger partial charge in [-0.05, 0) is 30.5 Å². The lowest BCUT2D eigenvalue weighted by molar-refractivity contribution is 0.756. The van der Waals surface area contributed by atoms with Gasteiger partial charge in [-0.25, -0.2) is 0 Å². The SMILES string of the molecule is CCCCC1=CC=CC1c1ccncc1. The molecule has 1 atom stereocenters. The molecule has 0 aromatic carbocycles. The Morgan fingerprint density at radius 2 is 2.07 bits per heavy atom. The summed E-state index contributed by atoms with van der Waals surface area (Å²) < 4.78 is 0. The van der Waals surface area contributed by atoms with Crippen molar-refractivity contribution in [3.05, 3.63) is 53.9 Å². The van der Waals surface area contributed by atoms with Gasteiger partial charge in [0, 0.05) is 18.3 Å². The van der Waals surface area contributed by atoms with Crippen LogP contribution in [-0.4, -0.2) is 4.98 Å². The lowest BCUT2D eigenvalue weighted by Gasteiger charge is -2.13. The predicted molar refractivity (Wildman–Crippen MR) is 63.7 cm³/mol. The molecule has 1 unspecified atom stereocenters. The molecule has 1 heterocycles. The Morgan fingerprint density at radius 3 is 2.80 bits per heavy atom. The lowest BCUT2D eigenvalue weighted by Crippen LogP contribution is -1.97. The molecule has 1 heteroatoms. The van der Waals surface area contributed by atoms with Gasteiger partial charge in [-0.2, -0.15) is 0 Å². The largest absolute Gasteiger partial charge is 0.265 e. The molecule has 15 heavy (non-hydrogen) atoms. The number of hydrogen-bond donors (Lipinski definition) is 0. The molecule has 1 aromatic rings. The van der Waals surface area contributed by atoms with Gasteiger partial charge < -0.3 is 0 Å². The summed E-state index contributed by atoms with van der Waals surface area (Å²) >= 11 is 0. The molecule has 0 aliphatic heterocycles. The first kappa shape index (κ1) is 10.2. The summed E-state index contributed by atoms with van der Waals surface area (Å²) in [5, 5.41) is 0. The second-order valence-electron chi connectivity index (χ2n) is 3.99. The van der Waals surface area contributed by atoms with Crippen LogP contribution in [-0.2, 0) is 0 Å². The maximum atomic E-state index is 4.06. The van der Waals surface area contributed by atoms with Crippen LogP contribution in [0, 0.1) is 0 Å². The maximum absolute atomic E-state index is 4.06. The molecule has 0 spiro atoms. The highest BCUT2D eigenvalue weighted by Crippen LogP contribution is 2.32. The molecule has 0 radical (unpaired) electrons. The normalized spacial score (nSPS) is 19.3. The number of rotatable bonds is 4. The second kappa shape index (κ2) is 4.92. The smallest absolute Gasteiger partial charge is 0.0270 e. The van der Waals surface area contributed by atoms with E-state index < -0.39 is 0 Å². The van der Waals surface area contributed by atoms with Crippen molar-refractivity contribution >= 4 is 0 Å². The lowest BCUT2D eigenvalue weighted by atomic mass is 9.91. The number of nitrogens with zero attached hydrogens (tertiary/aromatic N) is 1. The average Bonchev–Trinajstić information content (AvgIpc) is 2.75. The number of hydrogen-bond acceptors (Lipinski definition) is 1. The Hall–Kier alpha value is -1.37. The summed E-state index contributed by atoms with van der Waals surface area (Å²) in [6.45, 7) is 2.24. The third-order valence-electron chi connectivity index (χ3n) is 2.90. The van der Waals surface area contributed by atoms with E-state index in [4.69, 9.17) is 0 Å². The molecule has 2 rings (SSSR count). The fourth-order valence-electron chi connectivity index (χ4n) is 2.03. The summed E-state index contributed by atoms with van der Waals surface area (Å²) in [5.41, 5.74) is 2.91. The Balaban J connectivity index is 2.10. The van der Waals surface area contributed by atoms with Crippen LogP contribution < -0.4 is 0 Å². The zero-order valence-electron chi connectivity index (χ0n) is 9.19. The van der Waals surface area contributed by atoms with E-state index in [1.165, 1.54) is 24.8 Å². The summed E-state index contributed by atoms with van der Waals surface area (Å²) in [6.07, 6.45) is 14.2. The van der Waals surface area contributed by atoms with Gasteiger partial charge in [0.15, 0.2) is 0 Å². The number of aromatic nitrogens is 1. The van der Waals surface area contributed by atoms with Crippen LogP contribution in [0.25, 0.3) is 0 Å². The molecule has 0 fully saturated rings. The van der Waals surface area contributed by atoms with Crippen LogP contribution in [0.5, 0.6) is 0 Å². The van der Waals surface area contributed by atoms with E-state index in [9.17, 15) is 0 Å². The zero-order valence-corrected chi connectivity index (χ0v) is 9.19. The molecule has 0 bridgehead atoms. The van der Waals surface area contributed by atoms with Crippen molar-refractivity contribution in [1.29, 1.82) is 0 Å². The molecule has 1 aliphatic carbocycles. The zero-order chi connectivity index (χ0) is 10.5. The molecule has 1 nitrogen and oxygen atoms in total. The Bertz CT molecular complexity index is 362. The topological polar surface area (TPSA) is 12.9 Å². The molecule has 1 aromatic heterocycles. The minimum absolute atomic E-state index is 0.500. The van der Waals surface area contributed by atoms with E-state index in [2.05, 4.69) is 42.3 Å². The number of allylic oxidation sites excluding steroid dienone is 4. The standard InChI is InChI=1S/C14H17N/c1-2-3-5-12-6-4-7-14(12)13-8-10-15-11-9-13/h4,6-11,14H,2-3,5H2,1H3. The maximum Gasteiger partial charge on any atom is 0.0270 e. The van der Waals surface area contributed by atoms with Crippen molar-refractivity contribution in [2.75, 3.05) is 0 Å². The van der Waals surface area contributed by atoms with Crippen LogP contribution in [0.15, 0.2) is 48.3 Å². The highest BCUT2D eigenvalue weighted by Gasteiger charge is 2.15. The highest BCUT2D eigenvalue weighted by atomic mass is 14.6. The van der Waals surface area contributed by atoms with Crippen LogP contribution in [0.3, 0.4) is 0 Å². The van der Waals surface area contributed by atoms with E-state index in [0.717, 1.165) is 0 Å². The summed E-state index contributed by atoms with van der Waals surface area (Å²) in [4.78, 5) is 4.06. The monoisotopic (exact) mass is 199 g/mol. The van der Waals surface area contributed by atoms with E-state index in [-0.39, 0.29) is 0 Å². The quantitative estimate of drug-likeness (QED) is 0.717. The molecular formula is C14H17N.